The maximum Gasteiger partial charge on any atom is 0.173 e. The molecule has 0 atom stereocenters. The number of halogens is 1. The summed E-state index contributed by atoms with van der Waals surface area (Å²) in [6, 6.07) is 5.42. The van der Waals surface area contributed by atoms with Gasteiger partial charge in [-0.15, -0.1) is 0 Å². The SMILES string of the molecule is CN(C)CCCOc1ccc(Br)cc1/C(N)=N/O. The van der Waals surface area contributed by atoms with E-state index in [9.17, 15) is 0 Å². The number of nitrogens with two attached hydrogens (primary N) is 1. The average Bonchev–Trinajstić information content (AvgIpc) is 2.34. The molecule has 0 aliphatic rings. The molecule has 0 radical (unpaired) electrons. The van der Waals surface area contributed by atoms with Gasteiger partial charge in [-0.05, 0) is 38.7 Å². The molecule has 6 heteroatoms. The summed E-state index contributed by atoms with van der Waals surface area (Å²) in [5.41, 5.74) is 6.19. The Labute approximate surface area is 115 Å². The predicted octanol–water partition coefficient (Wildman–Crippen LogP) is 1.87. The minimum Gasteiger partial charge on any atom is -0.493 e. The summed E-state index contributed by atoms with van der Waals surface area (Å²) in [6.45, 7) is 1.54. The second-order valence-electron chi connectivity index (χ2n) is 4.13. The molecule has 18 heavy (non-hydrogen) atoms. The minimum absolute atomic E-state index is 0.0407. The predicted molar refractivity (Wildman–Crippen MR) is 75.3 cm³/mol. The van der Waals surface area contributed by atoms with Crippen molar-refractivity contribution in [1.82, 2.24) is 4.90 Å². The first-order valence-corrected chi connectivity index (χ1v) is 6.39. The standard InChI is InChI=1S/C12H18BrN3O2/c1-16(2)6-3-7-18-11-5-4-9(13)8-10(11)12(14)15-17/h4-5,8,17H,3,6-7H2,1-2H3,(H2,14,15). The van der Waals surface area contributed by atoms with Gasteiger partial charge >= 0.3 is 0 Å². The van der Waals surface area contributed by atoms with Crippen LogP contribution in [0.4, 0.5) is 0 Å². The summed E-state index contributed by atoms with van der Waals surface area (Å²) < 4.78 is 6.50. The first kappa shape index (κ1) is 14.8. The number of oxime groups is 1. The largest absolute Gasteiger partial charge is 0.493 e. The van der Waals surface area contributed by atoms with Crippen LogP contribution in [-0.2, 0) is 0 Å². The van der Waals surface area contributed by atoms with Crippen molar-refractivity contribution in [3.05, 3.63) is 28.2 Å². The van der Waals surface area contributed by atoms with E-state index < -0.39 is 0 Å². The quantitative estimate of drug-likeness (QED) is 0.276. The molecule has 3 N–H and O–H groups in total. The van der Waals surface area contributed by atoms with Crippen molar-refractivity contribution >= 4 is 21.8 Å². The van der Waals surface area contributed by atoms with Crippen LogP contribution in [0.25, 0.3) is 0 Å². The number of benzene rings is 1. The number of hydrogen-bond donors (Lipinski definition) is 2. The van der Waals surface area contributed by atoms with Gasteiger partial charge in [0.05, 0.1) is 12.2 Å². The molecule has 1 rings (SSSR count). The lowest BCUT2D eigenvalue weighted by molar-refractivity contribution is 0.280. The molecule has 0 unspecified atom stereocenters. The summed E-state index contributed by atoms with van der Waals surface area (Å²) in [4.78, 5) is 2.09. The normalized spacial score (nSPS) is 11.9. The molecule has 0 bridgehead atoms. The molecule has 0 saturated carbocycles. The van der Waals surface area contributed by atoms with Gasteiger partial charge in [0.1, 0.15) is 5.75 Å². The Morgan fingerprint density at radius 2 is 2.22 bits per heavy atom. The maximum absolute atomic E-state index is 8.73. The van der Waals surface area contributed by atoms with Crippen LogP contribution in [0.2, 0.25) is 0 Å². The van der Waals surface area contributed by atoms with Crippen LogP contribution in [0, 0.1) is 0 Å². The van der Waals surface area contributed by atoms with E-state index in [0.717, 1.165) is 17.4 Å². The lowest BCUT2D eigenvalue weighted by Crippen LogP contribution is -2.17. The molecular weight excluding hydrogens is 298 g/mol. The van der Waals surface area contributed by atoms with E-state index in [1.54, 1.807) is 12.1 Å². The molecule has 0 spiro atoms. The van der Waals surface area contributed by atoms with E-state index in [4.69, 9.17) is 15.7 Å². The number of amidine groups is 1. The highest BCUT2D eigenvalue weighted by Crippen LogP contribution is 2.23. The van der Waals surface area contributed by atoms with Gasteiger partial charge in [0.2, 0.25) is 0 Å². The monoisotopic (exact) mass is 315 g/mol. The van der Waals surface area contributed by atoms with Crippen LogP contribution in [0.3, 0.4) is 0 Å². The van der Waals surface area contributed by atoms with Crippen LogP contribution in [-0.4, -0.2) is 43.2 Å². The van der Waals surface area contributed by atoms with Crippen LogP contribution in [0.15, 0.2) is 27.8 Å². The highest BCUT2D eigenvalue weighted by molar-refractivity contribution is 9.10. The van der Waals surface area contributed by atoms with Gasteiger partial charge in [-0.1, -0.05) is 21.1 Å². The van der Waals surface area contributed by atoms with Gasteiger partial charge in [-0.3, -0.25) is 0 Å². The maximum atomic E-state index is 8.73. The Balaban J connectivity index is 2.70. The Hall–Kier alpha value is -1.27. The van der Waals surface area contributed by atoms with Gasteiger partial charge < -0.3 is 20.6 Å². The van der Waals surface area contributed by atoms with Crippen molar-refractivity contribution in [2.24, 2.45) is 10.9 Å². The van der Waals surface area contributed by atoms with Gasteiger partial charge in [0.25, 0.3) is 0 Å². The number of nitrogens with zero attached hydrogens (tertiary/aromatic N) is 2. The lowest BCUT2D eigenvalue weighted by atomic mass is 10.2. The van der Waals surface area contributed by atoms with Crippen molar-refractivity contribution in [2.45, 2.75) is 6.42 Å². The van der Waals surface area contributed by atoms with E-state index >= 15 is 0 Å². The Kier molecular flexibility index (Phi) is 5.94. The van der Waals surface area contributed by atoms with Gasteiger partial charge in [0, 0.05) is 11.0 Å². The van der Waals surface area contributed by atoms with E-state index in [-0.39, 0.29) is 5.84 Å². The fourth-order valence-corrected chi connectivity index (χ4v) is 1.81. The third-order valence-corrected chi connectivity index (χ3v) is 2.83. The van der Waals surface area contributed by atoms with E-state index in [1.807, 2.05) is 20.2 Å². The van der Waals surface area contributed by atoms with Crippen molar-refractivity contribution in [3.63, 3.8) is 0 Å². The summed E-state index contributed by atoms with van der Waals surface area (Å²) in [5.74, 6) is 0.658. The average molecular weight is 316 g/mol. The second kappa shape index (κ2) is 7.23. The third kappa shape index (κ3) is 4.54. The van der Waals surface area contributed by atoms with E-state index in [1.165, 1.54) is 0 Å². The first-order valence-electron chi connectivity index (χ1n) is 5.59. The molecule has 5 nitrogen and oxygen atoms in total. The highest BCUT2D eigenvalue weighted by atomic mass is 79.9. The zero-order chi connectivity index (χ0) is 13.5. The fraction of sp³-hybridized carbons (Fsp3) is 0.417. The fourth-order valence-electron chi connectivity index (χ4n) is 1.45. The van der Waals surface area contributed by atoms with Crippen LogP contribution >= 0.6 is 15.9 Å². The molecule has 0 fully saturated rings. The summed E-state index contributed by atoms with van der Waals surface area (Å²) in [7, 11) is 4.03. The molecule has 0 aromatic heterocycles. The summed E-state index contributed by atoms with van der Waals surface area (Å²) in [6.07, 6.45) is 0.915. The molecule has 0 saturated heterocycles. The van der Waals surface area contributed by atoms with Gasteiger partial charge in [0.15, 0.2) is 5.84 Å². The lowest BCUT2D eigenvalue weighted by Gasteiger charge is -2.13. The zero-order valence-corrected chi connectivity index (χ0v) is 12.1. The highest BCUT2D eigenvalue weighted by Gasteiger charge is 2.09. The van der Waals surface area contributed by atoms with E-state index in [2.05, 4.69) is 26.0 Å². The molecule has 0 amide bonds. The Bertz CT molecular complexity index is 422. The van der Waals surface area contributed by atoms with Crippen molar-refractivity contribution in [3.8, 4) is 5.75 Å². The summed E-state index contributed by atoms with van der Waals surface area (Å²) in [5, 5.41) is 11.7. The molecule has 0 aliphatic heterocycles. The smallest absolute Gasteiger partial charge is 0.173 e. The Morgan fingerprint density at radius 3 is 2.83 bits per heavy atom. The molecule has 0 heterocycles. The van der Waals surface area contributed by atoms with Crippen molar-refractivity contribution in [1.29, 1.82) is 0 Å². The van der Waals surface area contributed by atoms with Crippen LogP contribution in [0.5, 0.6) is 5.75 Å². The Morgan fingerprint density at radius 1 is 1.50 bits per heavy atom. The third-order valence-electron chi connectivity index (χ3n) is 2.33. The molecule has 0 aliphatic carbocycles. The van der Waals surface area contributed by atoms with Gasteiger partial charge in [-0.2, -0.15) is 0 Å². The molecule has 1 aromatic rings. The number of ether oxygens (including phenoxy) is 1. The van der Waals surface area contributed by atoms with Crippen molar-refractivity contribution < 1.29 is 9.94 Å². The first-order chi connectivity index (χ1) is 8.54. The minimum atomic E-state index is 0.0407. The van der Waals surface area contributed by atoms with Gasteiger partial charge in [-0.25, -0.2) is 0 Å². The van der Waals surface area contributed by atoms with Crippen LogP contribution in [0.1, 0.15) is 12.0 Å². The molecule has 100 valence electrons. The second-order valence-corrected chi connectivity index (χ2v) is 5.05. The molecule has 1 aromatic carbocycles. The molecular formula is C12H18BrN3O2. The summed E-state index contributed by atoms with van der Waals surface area (Å²) >= 11 is 3.34. The zero-order valence-electron chi connectivity index (χ0n) is 10.6. The van der Waals surface area contributed by atoms with E-state index in [0.29, 0.717) is 17.9 Å². The van der Waals surface area contributed by atoms with Crippen molar-refractivity contribution in [2.75, 3.05) is 27.2 Å². The number of rotatable bonds is 6. The van der Waals surface area contributed by atoms with Crippen LogP contribution < -0.4 is 10.5 Å². The topological polar surface area (TPSA) is 71.1 Å². The number of hydrogen-bond acceptors (Lipinski definition) is 4.